The highest BCUT2D eigenvalue weighted by Crippen LogP contribution is 2.25. The number of aromatic amines is 1. The van der Waals surface area contributed by atoms with E-state index in [4.69, 9.17) is 16.2 Å². The SMILES string of the molecule is Clc1ccccc1.O=Cc1[nH]c2ccccc2c1S(=O)(=O)O. The van der Waals surface area contributed by atoms with E-state index < -0.39 is 10.1 Å². The molecule has 0 unspecified atom stereocenters. The third-order valence-electron chi connectivity index (χ3n) is 2.79. The van der Waals surface area contributed by atoms with Gasteiger partial charge in [0.1, 0.15) is 10.6 Å². The van der Waals surface area contributed by atoms with Gasteiger partial charge in [-0.2, -0.15) is 8.42 Å². The van der Waals surface area contributed by atoms with Crippen LogP contribution in [0.5, 0.6) is 0 Å². The van der Waals surface area contributed by atoms with E-state index in [1.165, 1.54) is 6.07 Å². The largest absolute Gasteiger partial charge is 0.351 e. The Morgan fingerprint density at radius 2 is 1.59 bits per heavy atom. The third kappa shape index (κ3) is 3.73. The molecule has 0 aliphatic carbocycles. The summed E-state index contributed by atoms with van der Waals surface area (Å²) in [7, 11) is -4.39. The number of rotatable bonds is 2. The minimum atomic E-state index is -4.39. The molecule has 3 rings (SSSR count). The van der Waals surface area contributed by atoms with Crippen LogP contribution in [-0.2, 0) is 10.1 Å². The topological polar surface area (TPSA) is 87.2 Å². The number of carbonyl (C=O) groups is 1. The number of benzene rings is 2. The molecule has 0 aliphatic rings. The molecule has 0 saturated heterocycles. The maximum absolute atomic E-state index is 11.1. The second-order valence-corrected chi connectivity index (χ2v) is 6.10. The van der Waals surface area contributed by atoms with E-state index in [9.17, 15) is 13.2 Å². The zero-order valence-corrected chi connectivity index (χ0v) is 12.8. The fraction of sp³-hybridized carbons (Fsp3) is 0. The number of hydrogen-bond donors (Lipinski definition) is 2. The average molecular weight is 338 g/mol. The van der Waals surface area contributed by atoms with Crippen LogP contribution in [0.2, 0.25) is 5.02 Å². The van der Waals surface area contributed by atoms with Crippen LogP contribution in [0.4, 0.5) is 0 Å². The predicted octanol–water partition coefficient (Wildman–Crippen LogP) is 3.57. The molecule has 0 saturated carbocycles. The zero-order chi connectivity index (χ0) is 16.2. The molecule has 7 heteroatoms. The Morgan fingerprint density at radius 1 is 1.00 bits per heavy atom. The van der Waals surface area contributed by atoms with E-state index in [1.54, 1.807) is 18.2 Å². The van der Waals surface area contributed by atoms with Crippen LogP contribution in [0, 0.1) is 0 Å². The molecular weight excluding hydrogens is 326 g/mol. The lowest BCUT2D eigenvalue weighted by atomic mass is 10.2. The molecule has 0 aliphatic heterocycles. The summed E-state index contributed by atoms with van der Waals surface area (Å²) >= 11 is 5.54. The summed E-state index contributed by atoms with van der Waals surface area (Å²) in [4.78, 5) is 12.9. The Kier molecular flexibility index (Phi) is 4.97. The second-order valence-electron chi connectivity index (χ2n) is 4.30. The van der Waals surface area contributed by atoms with E-state index in [0.717, 1.165) is 5.02 Å². The first-order valence-corrected chi connectivity index (χ1v) is 7.99. The second kappa shape index (κ2) is 6.74. The molecule has 1 aromatic heterocycles. The van der Waals surface area contributed by atoms with Crippen LogP contribution >= 0.6 is 11.6 Å². The van der Waals surface area contributed by atoms with Crippen molar-refractivity contribution in [2.45, 2.75) is 4.90 Å². The Balaban J connectivity index is 0.000000211. The molecule has 0 amide bonds. The number of H-pyrrole nitrogens is 1. The van der Waals surface area contributed by atoms with Crippen molar-refractivity contribution in [1.29, 1.82) is 0 Å². The van der Waals surface area contributed by atoms with Crippen LogP contribution < -0.4 is 0 Å². The number of halogens is 1. The normalized spacial score (nSPS) is 10.8. The van der Waals surface area contributed by atoms with E-state index in [2.05, 4.69) is 4.98 Å². The quantitative estimate of drug-likeness (QED) is 0.553. The standard InChI is InChI=1S/C9H7NO4S.C6H5Cl/c11-5-8-9(15(12,13)14)6-3-1-2-4-7(6)10-8;7-6-4-2-1-3-5-6/h1-5,10H,(H,12,13,14);1-5H. The lowest BCUT2D eigenvalue weighted by molar-refractivity contribution is 0.111. The molecule has 0 atom stereocenters. The van der Waals surface area contributed by atoms with Crippen molar-refractivity contribution in [3.05, 3.63) is 65.3 Å². The summed E-state index contributed by atoms with van der Waals surface area (Å²) in [5.41, 5.74) is 0.353. The van der Waals surface area contributed by atoms with Gasteiger partial charge in [-0.3, -0.25) is 9.35 Å². The van der Waals surface area contributed by atoms with Crippen molar-refractivity contribution in [1.82, 2.24) is 4.98 Å². The van der Waals surface area contributed by atoms with E-state index in [-0.39, 0.29) is 10.6 Å². The van der Waals surface area contributed by atoms with Crippen molar-refractivity contribution in [3.63, 3.8) is 0 Å². The molecule has 114 valence electrons. The van der Waals surface area contributed by atoms with Gasteiger partial charge in [-0.1, -0.05) is 48.0 Å². The predicted molar refractivity (Wildman–Crippen MR) is 85.0 cm³/mol. The number of para-hydroxylation sites is 1. The highest BCUT2D eigenvalue weighted by Gasteiger charge is 2.21. The molecule has 0 fully saturated rings. The Labute approximate surface area is 132 Å². The van der Waals surface area contributed by atoms with Gasteiger partial charge in [0.25, 0.3) is 10.1 Å². The van der Waals surface area contributed by atoms with Crippen molar-refractivity contribution < 1.29 is 17.8 Å². The summed E-state index contributed by atoms with van der Waals surface area (Å²) in [6.45, 7) is 0. The number of nitrogens with one attached hydrogen (secondary N) is 1. The van der Waals surface area contributed by atoms with E-state index >= 15 is 0 Å². The molecule has 1 heterocycles. The van der Waals surface area contributed by atoms with Gasteiger partial charge in [0.05, 0.1) is 0 Å². The first-order chi connectivity index (χ1) is 10.4. The molecular formula is C15H12ClNO4S. The Morgan fingerprint density at radius 3 is 2.09 bits per heavy atom. The zero-order valence-electron chi connectivity index (χ0n) is 11.2. The monoisotopic (exact) mass is 337 g/mol. The van der Waals surface area contributed by atoms with Gasteiger partial charge >= 0.3 is 0 Å². The van der Waals surface area contributed by atoms with Crippen molar-refractivity contribution in [2.75, 3.05) is 0 Å². The van der Waals surface area contributed by atoms with E-state index in [1.807, 2.05) is 30.3 Å². The maximum atomic E-state index is 11.1. The first-order valence-electron chi connectivity index (χ1n) is 6.17. The van der Waals surface area contributed by atoms with Gasteiger partial charge < -0.3 is 4.98 Å². The van der Waals surface area contributed by atoms with Crippen LogP contribution in [0.3, 0.4) is 0 Å². The molecule has 0 bridgehead atoms. The Bertz CT molecular complexity index is 888. The van der Waals surface area contributed by atoms with Gasteiger partial charge in [-0.15, -0.1) is 0 Å². The van der Waals surface area contributed by atoms with E-state index in [0.29, 0.717) is 17.2 Å². The van der Waals surface area contributed by atoms with Crippen molar-refractivity contribution in [2.24, 2.45) is 0 Å². The number of aldehydes is 1. The minimum absolute atomic E-state index is 0.140. The van der Waals surface area contributed by atoms with Crippen LogP contribution in [0.1, 0.15) is 10.5 Å². The molecule has 3 aromatic rings. The summed E-state index contributed by atoms with van der Waals surface area (Å²) in [5, 5.41) is 1.10. The van der Waals surface area contributed by atoms with Crippen LogP contribution in [-0.4, -0.2) is 24.2 Å². The van der Waals surface area contributed by atoms with Gasteiger partial charge in [0, 0.05) is 15.9 Å². The number of aromatic nitrogens is 1. The van der Waals surface area contributed by atoms with Crippen molar-refractivity contribution >= 4 is 38.9 Å². The van der Waals surface area contributed by atoms with Crippen molar-refractivity contribution in [3.8, 4) is 0 Å². The van der Waals surface area contributed by atoms with Gasteiger partial charge in [-0.25, -0.2) is 0 Å². The van der Waals surface area contributed by atoms with Crippen LogP contribution in [0.25, 0.3) is 10.9 Å². The number of hydrogen-bond acceptors (Lipinski definition) is 3. The lowest BCUT2D eigenvalue weighted by Crippen LogP contribution is -2.00. The van der Waals surface area contributed by atoms with Gasteiger partial charge in [0.15, 0.2) is 6.29 Å². The maximum Gasteiger partial charge on any atom is 0.297 e. The lowest BCUT2D eigenvalue weighted by Gasteiger charge is -1.94. The smallest absolute Gasteiger partial charge is 0.297 e. The molecule has 5 nitrogen and oxygen atoms in total. The average Bonchev–Trinajstić information content (AvgIpc) is 2.87. The fourth-order valence-electron chi connectivity index (χ4n) is 1.91. The van der Waals surface area contributed by atoms with Gasteiger partial charge in [0.2, 0.25) is 0 Å². The van der Waals surface area contributed by atoms with Crippen LogP contribution in [0.15, 0.2) is 59.5 Å². The summed E-state index contributed by atoms with van der Waals surface area (Å²) in [6.07, 6.45) is 0.364. The third-order valence-corrected chi connectivity index (χ3v) is 4.00. The Hall–Kier alpha value is -2.15. The number of fused-ring (bicyclic) bond motifs is 1. The van der Waals surface area contributed by atoms with Gasteiger partial charge in [-0.05, 0) is 18.2 Å². The highest BCUT2D eigenvalue weighted by atomic mass is 35.5. The highest BCUT2D eigenvalue weighted by molar-refractivity contribution is 7.86. The minimum Gasteiger partial charge on any atom is -0.351 e. The molecule has 2 N–H and O–H groups in total. The number of carbonyl (C=O) groups excluding carboxylic acids is 1. The summed E-state index contributed by atoms with van der Waals surface area (Å²) < 4.78 is 31.1. The fourth-order valence-corrected chi connectivity index (χ4v) is 2.89. The first kappa shape index (κ1) is 16.2. The summed E-state index contributed by atoms with van der Waals surface area (Å²) in [6, 6.07) is 15.9. The molecule has 2 aromatic carbocycles. The molecule has 0 radical (unpaired) electrons. The molecule has 22 heavy (non-hydrogen) atoms. The summed E-state index contributed by atoms with van der Waals surface area (Å²) in [5.74, 6) is 0. The molecule has 0 spiro atoms.